The summed E-state index contributed by atoms with van der Waals surface area (Å²) in [7, 11) is -2.03. The van der Waals surface area contributed by atoms with Crippen molar-refractivity contribution in [3.8, 4) is 11.5 Å². The van der Waals surface area contributed by atoms with Gasteiger partial charge in [0, 0.05) is 18.2 Å². The number of carboxylic acid groups (broad SMARTS) is 1. The second-order valence-corrected chi connectivity index (χ2v) is 13.5. The number of benzene rings is 1. The van der Waals surface area contributed by atoms with E-state index in [1.54, 1.807) is 4.90 Å². The number of rotatable bonds is 5. The predicted molar refractivity (Wildman–Crippen MR) is 107 cm³/mol. The van der Waals surface area contributed by atoms with Crippen LogP contribution < -0.4 is 4.43 Å². The molecule has 2 N–H and O–H groups in total. The molecular weight excluding hydrogens is 346 g/mol. The molecule has 0 bridgehead atoms. The average molecular weight is 380 g/mol. The zero-order chi connectivity index (χ0) is 19.7. The minimum absolute atomic E-state index is 0.0218. The highest BCUT2D eigenvalue weighted by Crippen LogP contribution is 2.43. The molecule has 0 saturated heterocycles. The van der Waals surface area contributed by atoms with Gasteiger partial charge in [-0.15, -0.1) is 0 Å². The average Bonchev–Trinajstić information content (AvgIpc) is 2.53. The molecule has 26 heavy (non-hydrogen) atoms. The molecule has 1 aromatic rings. The van der Waals surface area contributed by atoms with Crippen molar-refractivity contribution in [1.82, 2.24) is 4.90 Å². The Labute approximate surface area is 158 Å². The van der Waals surface area contributed by atoms with Gasteiger partial charge in [0.15, 0.2) is 5.75 Å². The van der Waals surface area contributed by atoms with Crippen LogP contribution in [0.15, 0.2) is 12.1 Å². The van der Waals surface area contributed by atoms with Crippen molar-refractivity contribution in [2.24, 2.45) is 0 Å². The Bertz CT molecular complexity index is 667. The van der Waals surface area contributed by atoms with Crippen molar-refractivity contribution in [2.45, 2.75) is 77.6 Å². The number of phenols is 1. The van der Waals surface area contributed by atoms with Gasteiger partial charge >= 0.3 is 6.09 Å². The molecule has 1 unspecified atom stereocenters. The van der Waals surface area contributed by atoms with Gasteiger partial charge in [-0.1, -0.05) is 33.8 Å². The van der Waals surface area contributed by atoms with Crippen LogP contribution in [0.1, 0.15) is 51.7 Å². The van der Waals surface area contributed by atoms with Crippen LogP contribution in [-0.2, 0) is 12.8 Å². The Morgan fingerprint density at radius 2 is 2.00 bits per heavy atom. The van der Waals surface area contributed by atoms with Gasteiger partial charge in [0.1, 0.15) is 5.75 Å². The summed E-state index contributed by atoms with van der Waals surface area (Å²) in [5.74, 6) is 0.806. The van der Waals surface area contributed by atoms with E-state index in [1.807, 2.05) is 19.1 Å². The first-order valence-corrected chi connectivity index (χ1v) is 12.4. The molecule has 146 valence electrons. The predicted octanol–water partition coefficient (Wildman–Crippen LogP) is 5.02. The molecular formula is C20H33NO4Si. The molecule has 2 rings (SSSR count). The van der Waals surface area contributed by atoms with Crippen LogP contribution in [0.2, 0.25) is 18.1 Å². The van der Waals surface area contributed by atoms with Crippen LogP contribution in [0, 0.1) is 0 Å². The number of hydrogen-bond acceptors (Lipinski definition) is 3. The summed E-state index contributed by atoms with van der Waals surface area (Å²) in [6.45, 7) is 13.4. The first-order chi connectivity index (χ1) is 12.0. The smallest absolute Gasteiger partial charge is 0.407 e. The molecule has 1 aliphatic rings. The highest BCUT2D eigenvalue weighted by Gasteiger charge is 2.40. The normalized spacial score (nSPS) is 17.5. The SMILES string of the molecule is CCCN(C(=O)O)C1CCc2c(ccc(O[Si](C)(C)C(C)(C)C)c2O)C1. The molecule has 0 fully saturated rings. The zero-order valence-corrected chi connectivity index (χ0v) is 17.9. The number of phenolic OH excluding ortho intramolecular Hbond substituents is 1. The second-order valence-electron chi connectivity index (χ2n) is 8.78. The summed E-state index contributed by atoms with van der Waals surface area (Å²) in [6.07, 6.45) is 2.00. The van der Waals surface area contributed by atoms with E-state index in [0.29, 0.717) is 25.1 Å². The Morgan fingerprint density at radius 3 is 2.54 bits per heavy atom. The summed E-state index contributed by atoms with van der Waals surface area (Å²) >= 11 is 0. The van der Waals surface area contributed by atoms with Crippen LogP contribution in [-0.4, -0.2) is 42.1 Å². The molecule has 1 aliphatic carbocycles. The second kappa shape index (κ2) is 7.51. The van der Waals surface area contributed by atoms with E-state index in [2.05, 4.69) is 33.9 Å². The van der Waals surface area contributed by atoms with E-state index in [9.17, 15) is 15.0 Å². The maximum Gasteiger partial charge on any atom is 0.407 e. The van der Waals surface area contributed by atoms with E-state index in [4.69, 9.17) is 4.43 Å². The van der Waals surface area contributed by atoms with Gasteiger partial charge in [0.05, 0.1) is 0 Å². The van der Waals surface area contributed by atoms with Crippen LogP contribution >= 0.6 is 0 Å². The lowest BCUT2D eigenvalue weighted by molar-refractivity contribution is 0.119. The fourth-order valence-corrected chi connectivity index (χ4v) is 4.27. The molecule has 6 heteroatoms. The molecule has 0 aromatic heterocycles. The van der Waals surface area contributed by atoms with Crippen molar-refractivity contribution in [3.05, 3.63) is 23.3 Å². The third-order valence-electron chi connectivity index (χ3n) is 5.85. The van der Waals surface area contributed by atoms with E-state index in [0.717, 1.165) is 24.0 Å². The largest absolute Gasteiger partial charge is 0.541 e. The molecule has 1 aromatic carbocycles. The van der Waals surface area contributed by atoms with Gasteiger partial charge in [-0.05, 0) is 55.4 Å². The maximum atomic E-state index is 11.5. The molecule has 1 amide bonds. The van der Waals surface area contributed by atoms with Crippen molar-refractivity contribution >= 4 is 14.4 Å². The summed E-state index contributed by atoms with van der Waals surface area (Å²) in [4.78, 5) is 13.1. The van der Waals surface area contributed by atoms with Crippen LogP contribution in [0.5, 0.6) is 11.5 Å². The van der Waals surface area contributed by atoms with Gasteiger partial charge in [-0.2, -0.15) is 0 Å². The summed E-state index contributed by atoms with van der Waals surface area (Å²) in [6, 6.07) is 3.82. The quantitative estimate of drug-likeness (QED) is 0.705. The third-order valence-corrected chi connectivity index (χ3v) is 10.2. The molecule has 1 atom stereocenters. The van der Waals surface area contributed by atoms with E-state index >= 15 is 0 Å². The monoisotopic (exact) mass is 379 g/mol. The lowest BCUT2D eigenvalue weighted by Crippen LogP contribution is -2.44. The van der Waals surface area contributed by atoms with E-state index in [-0.39, 0.29) is 16.8 Å². The minimum Gasteiger partial charge on any atom is -0.541 e. The summed E-state index contributed by atoms with van der Waals surface area (Å²) in [5.41, 5.74) is 1.95. The fourth-order valence-electron chi connectivity index (χ4n) is 3.25. The third kappa shape index (κ3) is 4.17. The van der Waals surface area contributed by atoms with Crippen LogP contribution in [0.25, 0.3) is 0 Å². The Kier molecular flexibility index (Phi) is 5.95. The van der Waals surface area contributed by atoms with Gasteiger partial charge in [0.2, 0.25) is 0 Å². The first-order valence-electron chi connectivity index (χ1n) is 9.50. The Morgan fingerprint density at radius 1 is 1.35 bits per heavy atom. The highest BCUT2D eigenvalue weighted by molar-refractivity contribution is 6.74. The number of hydrogen-bond donors (Lipinski definition) is 2. The fraction of sp³-hybridized carbons (Fsp3) is 0.650. The van der Waals surface area contributed by atoms with Gasteiger partial charge in [-0.25, -0.2) is 4.79 Å². The number of aromatic hydroxyl groups is 1. The highest BCUT2D eigenvalue weighted by atomic mass is 28.4. The van der Waals surface area contributed by atoms with Crippen molar-refractivity contribution in [1.29, 1.82) is 0 Å². The standard InChI is InChI=1S/C20H33NO4Si/c1-7-12-21(19(23)24)15-9-10-16-14(13-15)8-11-17(18(16)22)25-26(5,6)20(2,3)4/h8,11,15,22H,7,9-10,12-13H2,1-6H3,(H,23,24). The summed E-state index contributed by atoms with van der Waals surface area (Å²) < 4.78 is 6.30. The van der Waals surface area contributed by atoms with Gasteiger partial charge < -0.3 is 19.5 Å². The molecule has 0 spiro atoms. The molecule has 0 saturated carbocycles. The van der Waals surface area contributed by atoms with Gasteiger partial charge in [-0.3, -0.25) is 0 Å². The van der Waals surface area contributed by atoms with E-state index in [1.165, 1.54) is 0 Å². The molecule has 0 heterocycles. The lowest BCUT2D eigenvalue weighted by Gasteiger charge is -2.37. The van der Waals surface area contributed by atoms with Crippen LogP contribution in [0.4, 0.5) is 4.79 Å². The number of amides is 1. The molecule has 0 aliphatic heterocycles. The number of nitrogens with zero attached hydrogens (tertiary/aromatic N) is 1. The van der Waals surface area contributed by atoms with Crippen molar-refractivity contribution in [3.63, 3.8) is 0 Å². The zero-order valence-electron chi connectivity index (χ0n) is 16.9. The van der Waals surface area contributed by atoms with Crippen molar-refractivity contribution in [2.75, 3.05) is 6.54 Å². The molecule has 5 nitrogen and oxygen atoms in total. The first kappa shape index (κ1) is 20.6. The maximum absolute atomic E-state index is 11.5. The number of carbonyl (C=O) groups is 1. The number of fused-ring (bicyclic) bond motifs is 1. The van der Waals surface area contributed by atoms with E-state index < -0.39 is 14.4 Å². The Hall–Kier alpha value is -1.69. The Balaban J connectivity index is 2.25. The minimum atomic E-state index is -2.03. The summed E-state index contributed by atoms with van der Waals surface area (Å²) in [5, 5.41) is 20.3. The van der Waals surface area contributed by atoms with Gasteiger partial charge in [0.25, 0.3) is 8.32 Å². The van der Waals surface area contributed by atoms with Crippen molar-refractivity contribution < 1.29 is 19.4 Å². The molecule has 0 radical (unpaired) electrons. The van der Waals surface area contributed by atoms with Crippen LogP contribution in [0.3, 0.4) is 0 Å². The topological polar surface area (TPSA) is 70.0 Å². The lowest BCUT2D eigenvalue weighted by atomic mass is 9.86.